The van der Waals surface area contributed by atoms with Crippen LogP contribution < -0.4 is 15.0 Å². The number of aromatic nitrogens is 3. The van der Waals surface area contributed by atoms with E-state index >= 15 is 0 Å². The van der Waals surface area contributed by atoms with E-state index in [-0.39, 0.29) is 18.0 Å². The minimum atomic E-state index is -4.82. The smallest absolute Gasteiger partial charge is 0.419 e. The summed E-state index contributed by atoms with van der Waals surface area (Å²) >= 11 is 0. The Bertz CT molecular complexity index is 1360. The number of likely N-dealkylation sites (tertiary alicyclic amines) is 1. The van der Waals surface area contributed by atoms with Crippen LogP contribution in [0.1, 0.15) is 35.3 Å². The number of benzene rings is 1. The number of carbonyl (C=O) groups excluding carboxylic acids is 1. The first kappa shape index (κ1) is 24.9. The van der Waals surface area contributed by atoms with E-state index in [2.05, 4.69) is 20.3 Å². The van der Waals surface area contributed by atoms with Gasteiger partial charge in [0.05, 0.1) is 36.6 Å². The Kier molecular flexibility index (Phi) is 6.01. The number of nitrogens with zero attached hydrogens (tertiary/aromatic N) is 5. The summed E-state index contributed by atoms with van der Waals surface area (Å²) in [6.45, 7) is 2.53. The molecule has 1 atom stereocenters. The summed E-state index contributed by atoms with van der Waals surface area (Å²) in [5.41, 5.74) is -0.648. The molecule has 2 aliphatic heterocycles. The summed E-state index contributed by atoms with van der Waals surface area (Å²) in [5.74, 6) is -0.808. The van der Waals surface area contributed by atoms with Crippen LogP contribution in [0, 0.1) is 5.82 Å². The van der Waals surface area contributed by atoms with Gasteiger partial charge in [0.15, 0.2) is 0 Å². The van der Waals surface area contributed by atoms with Gasteiger partial charge in [-0.1, -0.05) is 12.1 Å². The zero-order valence-corrected chi connectivity index (χ0v) is 20.3. The molecule has 4 heterocycles. The number of ether oxygens (including phenoxy) is 1. The summed E-state index contributed by atoms with van der Waals surface area (Å²) in [6, 6.07) is 5.67. The number of nitrogens with one attached hydrogen (secondary N) is 1. The molecule has 2 aromatic heterocycles. The van der Waals surface area contributed by atoms with E-state index in [1.54, 1.807) is 24.0 Å². The lowest BCUT2D eigenvalue weighted by Crippen LogP contribution is -2.68. The second-order valence-electron chi connectivity index (χ2n) is 9.32. The molecule has 194 valence electrons. The van der Waals surface area contributed by atoms with Crippen LogP contribution in [-0.2, 0) is 22.9 Å². The molecule has 1 aromatic carbocycles. The van der Waals surface area contributed by atoms with Gasteiger partial charge in [-0.25, -0.2) is 19.3 Å². The Morgan fingerprint density at radius 3 is 2.59 bits per heavy atom. The predicted octanol–water partition coefficient (Wildman–Crippen LogP) is 3.94. The number of halogens is 4. The molecule has 3 aromatic rings. The number of rotatable bonds is 5. The third-order valence-electron chi connectivity index (χ3n) is 6.84. The second-order valence-corrected chi connectivity index (χ2v) is 9.32. The first-order chi connectivity index (χ1) is 17.5. The Labute approximate surface area is 210 Å². The van der Waals surface area contributed by atoms with Gasteiger partial charge in [-0.2, -0.15) is 13.2 Å². The van der Waals surface area contributed by atoms with Crippen molar-refractivity contribution in [1.82, 2.24) is 19.9 Å². The number of alkyl halides is 3. The van der Waals surface area contributed by atoms with Gasteiger partial charge >= 0.3 is 6.18 Å². The molecule has 0 aliphatic carbocycles. The number of amides is 1. The van der Waals surface area contributed by atoms with Gasteiger partial charge in [-0.05, 0) is 26.1 Å². The lowest BCUT2D eigenvalue weighted by Gasteiger charge is -2.51. The molecule has 8 nitrogen and oxygen atoms in total. The van der Waals surface area contributed by atoms with Gasteiger partial charge in [0.1, 0.15) is 23.4 Å². The lowest BCUT2D eigenvalue weighted by molar-refractivity contribution is -0.140. The van der Waals surface area contributed by atoms with Crippen LogP contribution in [0.5, 0.6) is 5.88 Å². The van der Waals surface area contributed by atoms with Crippen molar-refractivity contribution in [3.05, 3.63) is 71.1 Å². The average molecular weight is 516 g/mol. The largest absolute Gasteiger partial charge is 0.481 e. The second kappa shape index (κ2) is 8.94. The average Bonchev–Trinajstić information content (AvgIpc) is 2.84. The molecule has 12 heteroatoms. The van der Waals surface area contributed by atoms with Crippen LogP contribution >= 0.6 is 0 Å². The van der Waals surface area contributed by atoms with Gasteiger partial charge in [0.25, 0.3) is 0 Å². The minimum absolute atomic E-state index is 0.105. The predicted molar refractivity (Wildman–Crippen MR) is 127 cm³/mol. The molecule has 0 unspecified atom stereocenters. The van der Waals surface area contributed by atoms with Gasteiger partial charge in [-0.3, -0.25) is 4.79 Å². The molecule has 1 saturated heterocycles. The monoisotopic (exact) mass is 516 g/mol. The summed E-state index contributed by atoms with van der Waals surface area (Å²) in [6.07, 6.45) is -1.96. The Morgan fingerprint density at radius 2 is 1.92 bits per heavy atom. The summed E-state index contributed by atoms with van der Waals surface area (Å²) in [4.78, 5) is 30.3. The van der Waals surface area contributed by atoms with Crippen LogP contribution in [0.3, 0.4) is 0 Å². The highest BCUT2D eigenvalue weighted by Crippen LogP contribution is 2.44. The number of anilines is 2. The van der Waals surface area contributed by atoms with E-state index in [0.29, 0.717) is 47.8 Å². The van der Waals surface area contributed by atoms with Crippen LogP contribution in [0.15, 0.2) is 42.9 Å². The van der Waals surface area contributed by atoms with E-state index in [1.165, 1.54) is 31.8 Å². The van der Waals surface area contributed by atoms with E-state index in [9.17, 15) is 22.4 Å². The maximum absolute atomic E-state index is 14.8. The van der Waals surface area contributed by atoms with Crippen molar-refractivity contribution in [3.63, 3.8) is 0 Å². The quantitative estimate of drug-likeness (QED) is 0.515. The highest BCUT2D eigenvalue weighted by atomic mass is 19.4. The number of likely N-dealkylation sites (N-methyl/N-ethyl adjacent to an activating group) is 1. The fraction of sp³-hybridized carbons (Fsp3) is 0.360. The molecule has 37 heavy (non-hydrogen) atoms. The van der Waals surface area contributed by atoms with Crippen molar-refractivity contribution in [2.75, 3.05) is 37.5 Å². The summed E-state index contributed by atoms with van der Waals surface area (Å²) in [5, 5.41) is 3.07. The number of methoxy groups -OCH3 is 1. The molecule has 0 radical (unpaired) electrons. The number of carbonyl (C=O) groups is 1. The van der Waals surface area contributed by atoms with Crippen molar-refractivity contribution in [1.29, 1.82) is 0 Å². The zero-order valence-electron chi connectivity index (χ0n) is 20.3. The third-order valence-corrected chi connectivity index (χ3v) is 6.84. The number of hydrogen-bond acceptors (Lipinski definition) is 7. The van der Waals surface area contributed by atoms with Crippen LogP contribution in [0.4, 0.5) is 29.1 Å². The molecule has 1 fully saturated rings. The summed E-state index contributed by atoms with van der Waals surface area (Å²) < 4.78 is 59.8. The molecular weight excluding hydrogens is 492 g/mol. The van der Waals surface area contributed by atoms with Crippen molar-refractivity contribution in [3.8, 4) is 5.88 Å². The van der Waals surface area contributed by atoms with Crippen LogP contribution in [-0.4, -0.2) is 53.0 Å². The first-order valence-corrected chi connectivity index (χ1v) is 11.5. The molecule has 0 saturated carbocycles. The topological polar surface area (TPSA) is 83.5 Å². The van der Waals surface area contributed by atoms with E-state index in [0.717, 1.165) is 0 Å². The fourth-order valence-electron chi connectivity index (χ4n) is 5.12. The Morgan fingerprint density at radius 1 is 1.16 bits per heavy atom. The SMILES string of the molecule is COc1cc(N2Cc3c(N[C@H](C)c4cccc(C(F)(F)F)c4F)ncnc3C3(CN(C)C3)C2=O)ccn1. The van der Waals surface area contributed by atoms with Crippen molar-refractivity contribution >= 4 is 17.4 Å². The molecule has 5 rings (SSSR count). The fourth-order valence-corrected chi connectivity index (χ4v) is 5.12. The van der Waals surface area contributed by atoms with Gasteiger partial charge < -0.3 is 19.9 Å². The van der Waals surface area contributed by atoms with Crippen molar-refractivity contribution in [2.45, 2.75) is 31.1 Å². The molecule has 2 aliphatic rings. The Hall–Kier alpha value is -3.80. The zero-order chi connectivity index (χ0) is 26.5. The normalized spacial score (nSPS) is 17.8. The highest BCUT2D eigenvalue weighted by Gasteiger charge is 2.56. The van der Waals surface area contributed by atoms with Crippen LogP contribution in [0.2, 0.25) is 0 Å². The number of hydrogen-bond donors (Lipinski definition) is 1. The van der Waals surface area contributed by atoms with Gasteiger partial charge in [0.2, 0.25) is 11.8 Å². The van der Waals surface area contributed by atoms with Crippen LogP contribution in [0.25, 0.3) is 0 Å². The van der Waals surface area contributed by atoms with Gasteiger partial charge in [-0.15, -0.1) is 0 Å². The molecule has 1 N–H and O–H groups in total. The summed E-state index contributed by atoms with van der Waals surface area (Å²) in [7, 11) is 3.37. The Balaban J connectivity index is 1.55. The van der Waals surface area contributed by atoms with Crippen molar-refractivity contribution < 1.29 is 27.1 Å². The highest BCUT2D eigenvalue weighted by molar-refractivity contribution is 6.04. The molecule has 1 spiro atoms. The molecule has 0 bridgehead atoms. The van der Waals surface area contributed by atoms with E-state index in [1.807, 2.05) is 11.9 Å². The lowest BCUT2D eigenvalue weighted by atomic mass is 9.71. The number of pyridine rings is 1. The maximum Gasteiger partial charge on any atom is 0.419 e. The first-order valence-electron chi connectivity index (χ1n) is 11.5. The minimum Gasteiger partial charge on any atom is -0.481 e. The van der Waals surface area contributed by atoms with Gasteiger partial charge in [0, 0.05) is 36.5 Å². The van der Waals surface area contributed by atoms with E-state index < -0.39 is 29.0 Å². The molecular formula is C25H24F4N6O2. The van der Waals surface area contributed by atoms with Crippen molar-refractivity contribution in [2.24, 2.45) is 0 Å². The standard InChI is InChI=1S/C25H24F4N6O2/c1-14(16-5-4-6-18(20(16)26)25(27,28)29)33-22-17-10-35(15-7-8-30-19(9-15)37-3)23(36)24(11-34(2)12-24)21(17)31-13-32-22/h4-9,13-14H,10-12H2,1-3H3,(H,31,32,33)/t14-/m1/s1. The third kappa shape index (κ3) is 4.14. The van der Waals surface area contributed by atoms with E-state index in [4.69, 9.17) is 4.74 Å². The molecule has 1 amide bonds. The number of fused-ring (bicyclic) bond motifs is 2. The maximum atomic E-state index is 14.8.